The van der Waals surface area contributed by atoms with Crippen LogP contribution in [0.3, 0.4) is 0 Å². The van der Waals surface area contributed by atoms with Gasteiger partial charge in [-0.3, -0.25) is 4.68 Å². The summed E-state index contributed by atoms with van der Waals surface area (Å²) in [5.41, 5.74) is 3.04. The molecule has 0 saturated heterocycles. The van der Waals surface area contributed by atoms with E-state index in [1.54, 1.807) is 12.3 Å². The van der Waals surface area contributed by atoms with Gasteiger partial charge in [-0.15, -0.1) is 0 Å². The van der Waals surface area contributed by atoms with Gasteiger partial charge in [0.2, 0.25) is 0 Å². The van der Waals surface area contributed by atoms with E-state index in [9.17, 15) is 4.39 Å². The number of hydrogen-bond donors (Lipinski definition) is 1. The maximum absolute atomic E-state index is 13.3. The Hall–Kier alpha value is -1.68. The Balaban J connectivity index is 2.45. The van der Waals surface area contributed by atoms with E-state index in [1.165, 1.54) is 6.07 Å². The Kier molecular flexibility index (Phi) is 4.10. The van der Waals surface area contributed by atoms with Gasteiger partial charge in [0, 0.05) is 24.8 Å². The van der Waals surface area contributed by atoms with Crippen LogP contribution in [0.4, 0.5) is 4.39 Å². The number of halogens is 1. The quantitative estimate of drug-likeness (QED) is 0.880. The summed E-state index contributed by atoms with van der Waals surface area (Å²) >= 11 is 0. The molecule has 1 N–H and O–H groups in total. The molecule has 0 spiro atoms. The Morgan fingerprint density at radius 1 is 1.33 bits per heavy atom. The maximum Gasteiger partial charge on any atom is 0.123 e. The zero-order chi connectivity index (χ0) is 13.0. The van der Waals surface area contributed by atoms with Crippen LogP contribution in [-0.4, -0.2) is 16.8 Å². The molecule has 0 saturated carbocycles. The molecular formula is C14H18FN3. The fraction of sp³-hybridized carbons (Fsp3) is 0.357. The molecule has 0 aliphatic carbocycles. The molecule has 18 heavy (non-hydrogen) atoms. The molecule has 0 atom stereocenters. The average Bonchev–Trinajstić information content (AvgIpc) is 2.78. The predicted molar refractivity (Wildman–Crippen MR) is 70.7 cm³/mol. The number of rotatable bonds is 5. The number of nitrogens with one attached hydrogen (secondary N) is 1. The summed E-state index contributed by atoms with van der Waals surface area (Å²) in [6, 6.07) is 6.88. The minimum atomic E-state index is -0.203. The summed E-state index contributed by atoms with van der Waals surface area (Å²) < 4.78 is 15.3. The molecule has 0 aliphatic rings. The van der Waals surface area contributed by atoms with Crippen LogP contribution in [0.25, 0.3) is 11.3 Å². The lowest BCUT2D eigenvalue weighted by molar-refractivity contribution is 0.606. The van der Waals surface area contributed by atoms with Gasteiger partial charge >= 0.3 is 0 Å². The molecular weight excluding hydrogens is 229 g/mol. The largest absolute Gasteiger partial charge is 0.316 e. The zero-order valence-electron chi connectivity index (χ0n) is 10.8. The third kappa shape index (κ3) is 2.59. The van der Waals surface area contributed by atoms with Crippen LogP contribution in [-0.2, 0) is 13.1 Å². The Bertz CT molecular complexity index is 520. The van der Waals surface area contributed by atoms with E-state index in [0.717, 1.165) is 29.8 Å². The lowest BCUT2D eigenvalue weighted by Gasteiger charge is -2.11. The Labute approximate surface area is 107 Å². The van der Waals surface area contributed by atoms with Crippen molar-refractivity contribution in [1.82, 2.24) is 15.1 Å². The summed E-state index contributed by atoms with van der Waals surface area (Å²) in [5.74, 6) is -0.203. The lowest BCUT2D eigenvalue weighted by Crippen LogP contribution is -2.08. The second-order valence-corrected chi connectivity index (χ2v) is 4.27. The minimum absolute atomic E-state index is 0.203. The molecule has 4 heteroatoms. The second-order valence-electron chi connectivity index (χ2n) is 4.27. The molecule has 3 nitrogen and oxygen atoms in total. The van der Waals surface area contributed by atoms with Gasteiger partial charge in [-0.1, -0.05) is 6.92 Å². The second kappa shape index (κ2) is 5.78. The fourth-order valence-corrected chi connectivity index (χ4v) is 2.10. The van der Waals surface area contributed by atoms with Crippen LogP contribution in [0.15, 0.2) is 30.5 Å². The van der Waals surface area contributed by atoms with Crippen LogP contribution >= 0.6 is 0 Å². The fourth-order valence-electron chi connectivity index (χ4n) is 2.10. The number of aromatic nitrogens is 2. The molecule has 0 bridgehead atoms. The van der Waals surface area contributed by atoms with E-state index in [4.69, 9.17) is 0 Å². The smallest absolute Gasteiger partial charge is 0.123 e. The van der Waals surface area contributed by atoms with Crippen LogP contribution in [0.1, 0.15) is 18.9 Å². The molecule has 96 valence electrons. The van der Waals surface area contributed by atoms with Crippen LogP contribution in [0.2, 0.25) is 0 Å². The van der Waals surface area contributed by atoms with Crippen molar-refractivity contribution >= 4 is 0 Å². The van der Waals surface area contributed by atoms with Gasteiger partial charge in [0.05, 0.1) is 5.69 Å². The van der Waals surface area contributed by atoms with Crippen molar-refractivity contribution in [2.24, 2.45) is 0 Å². The van der Waals surface area contributed by atoms with E-state index in [-0.39, 0.29) is 5.82 Å². The number of hydrogen-bond acceptors (Lipinski definition) is 2. The first-order valence-electron chi connectivity index (χ1n) is 6.21. The third-order valence-corrected chi connectivity index (χ3v) is 2.86. The highest BCUT2D eigenvalue weighted by Crippen LogP contribution is 2.24. The van der Waals surface area contributed by atoms with Gasteiger partial charge in [-0.05, 0) is 43.3 Å². The summed E-state index contributed by atoms with van der Waals surface area (Å²) in [6.07, 6.45) is 2.81. The molecule has 1 aromatic heterocycles. The van der Waals surface area contributed by atoms with Crippen LogP contribution in [0, 0.1) is 5.82 Å². The summed E-state index contributed by atoms with van der Waals surface area (Å²) in [6.45, 7) is 3.63. The number of nitrogens with zero attached hydrogens (tertiary/aromatic N) is 2. The number of benzene rings is 1. The van der Waals surface area contributed by atoms with E-state index in [0.29, 0.717) is 6.54 Å². The molecule has 0 radical (unpaired) electrons. The van der Waals surface area contributed by atoms with E-state index < -0.39 is 0 Å². The number of aryl methyl sites for hydroxylation is 1. The highest BCUT2D eigenvalue weighted by Gasteiger charge is 2.10. The molecule has 1 heterocycles. The Morgan fingerprint density at radius 3 is 2.89 bits per heavy atom. The van der Waals surface area contributed by atoms with Crippen molar-refractivity contribution in [2.45, 2.75) is 26.4 Å². The van der Waals surface area contributed by atoms with Crippen molar-refractivity contribution in [2.75, 3.05) is 7.05 Å². The standard InChI is InChI=1S/C14H18FN3/c1-3-8-18-14(6-7-17-18)13-5-4-12(15)9-11(13)10-16-2/h4-7,9,16H,3,8,10H2,1-2H3. The third-order valence-electron chi connectivity index (χ3n) is 2.86. The molecule has 0 amide bonds. The van der Waals surface area contributed by atoms with Gasteiger partial charge in [0.1, 0.15) is 5.82 Å². The lowest BCUT2D eigenvalue weighted by atomic mass is 10.0. The van der Waals surface area contributed by atoms with Crippen molar-refractivity contribution in [3.63, 3.8) is 0 Å². The topological polar surface area (TPSA) is 29.9 Å². The summed E-state index contributed by atoms with van der Waals surface area (Å²) in [4.78, 5) is 0. The highest BCUT2D eigenvalue weighted by atomic mass is 19.1. The molecule has 0 aliphatic heterocycles. The van der Waals surface area contributed by atoms with Crippen molar-refractivity contribution in [3.8, 4) is 11.3 Å². The summed E-state index contributed by atoms with van der Waals surface area (Å²) in [7, 11) is 1.86. The SMILES string of the molecule is CCCn1nccc1-c1ccc(F)cc1CNC. The molecule has 2 aromatic rings. The van der Waals surface area contributed by atoms with E-state index in [1.807, 2.05) is 23.9 Å². The first-order valence-corrected chi connectivity index (χ1v) is 6.21. The van der Waals surface area contributed by atoms with Crippen LogP contribution < -0.4 is 5.32 Å². The van der Waals surface area contributed by atoms with Crippen molar-refractivity contribution < 1.29 is 4.39 Å². The maximum atomic E-state index is 13.3. The zero-order valence-corrected chi connectivity index (χ0v) is 10.8. The molecule has 2 rings (SSSR count). The van der Waals surface area contributed by atoms with Gasteiger partial charge in [-0.2, -0.15) is 5.10 Å². The van der Waals surface area contributed by atoms with Crippen molar-refractivity contribution in [3.05, 3.63) is 41.8 Å². The first-order chi connectivity index (χ1) is 8.76. The Morgan fingerprint density at radius 2 is 2.17 bits per heavy atom. The van der Waals surface area contributed by atoms with E-state index >= 15 is 0 Å². The monoisotopic (exact) mass is 247 g/mol. The normalized spacial score (nSPS) is 10.8. The van der Waals surface area contributed by atoms with Gasteiger partial charge in [0.25, 0.3) is 0 Å². The highest BCUT2D eigenvalue weighted by molar-refractivity contribution is 5.64. The van der Waals surface area contributed by atoms with Crippen LogP contribution in [0.5, 0.6) is 0 Å². The average molecular weight is 247 g/mol. The van der Waals surface area contributed by atoms with Gasteiger partial charge in [0.15, 0.2) is 0 Å². The molecule has 0 fully saturated rings. The van der Waals surface area contributed by atoms with Gasteiger partial charge < -0.3 is 5.32 Å². The molecule has 0 unspecified atom stereocenters. The summed E-state index contributed by atoms with van der Waals surface area (Å²) in [5, 5.41) is 7.38. The van der Waals surface area contributed by atoms with E-state index in [2.05, 4.69) is 17.3 Å². The van der Waals surface area contributed by atoms with Gasteiger partial charge in [-0.25, -0.2) is 4.39 Å². The first kappa shape index (κ1) is 12.8. The molecule has 1 aromatic carbocycles. The minimum Gasteiger partial charge on any atom is -0.316 e. The van der Waals surface area contributed by atoms with Crippen molar-refractivity contribution in [1.29, 1.82) is 0 Å². The predicted octanol–water partition coefficient (Wildman–Crippen LogP) is 2.82.